The second-order valence-electron chi connectivity index (χ2n) is 5.79. The van der Waals surface area contributed by atoms with E-state index in [9.17, 15) is 0 Å². The van der Waals surface area contributed by atoms with Gasteiger partial charge in [-0.05, 0) is 38.3 Å². The van der Waals surface area contributed by atoms with Crippen molar-refractivity contribution >= 4 is 0 Å². The maximum atomic E-state index is 4.44. The quantitative estimate of drug-likeness (QED) is 0.868. The van der Waals surface area contributed by atoms with Crippen LogP contribution < -0.4 is 5.32 Å². The van der Waals surface area contributed by atoms with Crippen LogP contribution in [0.5, 0.6) is 0 Å². The summed E-state index contributed by atoms with van der Waals surface area (Å²) in [5, 5.41) is 8.05. The molecular formula is C15H27N3. The van der Waals surface area contributed by atoms with Crippen LogP contribution in [0.3, 0.4) is 0 Å². The highest BCUT2D eigenvalue weighted by Crippen LogP contribution is 2.37. The molecular weight excluding hydrogens is 222 g/mol. The number of aryl methyl sites for hydroxylation is 1. The molecule has 0 aromatic carbocycles. The second kappa shape index (κ2) is 6.37. The molecule has 1 heterocycles. The lowest BCUT2D eigenvalue weighted by Gasteiger charge is -2.32. The van der Waals surface area contributed by atoms with Gasteiger partial charge in [0, 0.05) is 30.4 Å². The van der Waals surface area contributed by atoms with E-state index in [4.69, 9.17) is 0 Å². The summed E-state index contributed by atoms with van der Waals surface area (Å²) in [7, 11) is 0. The lowest BCUT2D eigenvalue weighted by molar-refractivity contribution is 0.278. The van der Waals surface area contributed by atoms with Crippen LogP contribution in [0.4, 0.5) is 0 Å². The van der Waals surface area contributed by atoms with E-state index in [2.05, 4.69) is 41.9 Å². The third-order valence-electron chi connectivity index (χ3n) is 4.13. The molecule has 0 aliphatic heterocycles. The standard InChI is InChI=1S/C15H27N3/c1-4-18-15(9-10-17-18)14-8-6-5-7-13(14)11-16-12(2)3/h9-10,12-14,16H,4-8,11H2,1-3H3. The zero-order valence-corrected chi connectivity index (χ0v) is 12.0. The predicted octanol–water partition coefficient (Wildman–Crippen LogP) is 3.17. The van der Waals surface area contributed by atoms with Crippen LogP contribution in [0, 0.1) is 5.92 Å². The van der Waals surface area contributed by atoms with Crippen molar-refractivity contribution in [2.24, 2.45) is 5.92 Å². The van der Waals surface area contributed by atoms with E-state index in [1.807, 2.05) is 6.20 Å². The van der Waals surface area contributed by atoms with Gasteiger partial charge in [-0.3, -0.25) is 4.68 Å². The summed E-state index contributed by atoms with van der Waals surface area (Å²) in [4.78, 5) is 0. The van der Waals surface area contributed by atoms with Crippen molar-refractivity contribution in [3.63, 3.8) is 0 Å². The zero-order chi connectivity index (χ0) is 13.0. The van der Waals surface area contributed by atoms with Crippen LogP contribution in [0.1, 0.15) is 58.1 Å². The fourth-order valence-corrected chi connectivity index (χ4v) is 3.15. The van der Waals surface area contributed by atoms with Gasteiger partial charge in [0.1, 0.15) is 0 Å². The Morgan fingerprint density at radius 2 is 2.17 bits per heavy atom. The molecule has 1 aromatic rings. The highest BCUT2D eigenvalue weighted by atomic mass is 15.3. The first-order valence-corrected chi connectivity index (χ1v) is 7.47. The topological polar surface area (TPSA) is 29.9 Å². The third-order valence-corrected chi connectivity index (χ3v) is 4.13. The van der Waals surface area contributed by atoms with E-state index in [1.165, 1.54) is 31.4 Å². The van der Waals surface area contributed by atoms with E-state index >= 15 is 0 Å². The van der Waals surface area contributed by atoms with Gasteiger partial charge in [0.2, 0.25) is 0 Å². The van der Waals surface area contributed by atoms with Crippen LogP contribution in [-0.4, -0.2) is 22.4 Å². The Bertz CT molecular complexity index is 356. The average molecular weight is 249 g/mol. The Labute approximate surface area is 111 Å². The summed E-state index contributed by atoms with van der Waals surface area (Å²) in [6.07, 6.45) is 7.41. The molecule has 2 rings (SSSR count). The summed E-state index contributed by atoms with van der Waals surface area (Å²) in [6.45, 7) is 8.78. The summed E-state index contributed by atoms with van der Waals surface area (Å²) in [5.74, 6) is 1.48. The molecule has 1 aliphatic carbocycles. The van der Waals surface area contributed by atoms with Crippen molar-refractivity contribution in [2.45, 2.75) is 65.0 Å². The summed E-state index contributed by atoms with van der Waals surface area (Å²) in [5.41, 5.74) is 1.45. The predicted molar refractivity (Wildman–Crippen MR) is 75.7 cm³/mol. The molecule has 0 saturated heterocycles. The average Bonchev–Trinajstić information content (AvgIpc) is 2.84. The van der Waals surface area contributed by atoms with Gasteiger partial charge < -0.3 is 5.32 Å². The minimum absolute atomic E-state index is 0.587. The zero-order valence-electron chi connectivity index (χ0n) is 12.0. The van der Waals surface area contributed by atoms with Crippen molar-refractivity contribution in [3.05, 3.63) is 18.0 Å². The van der Waals surface area contributed by atoms with E-state index in [0.29, 0.717) is 12.0 Å². The first-order valence-electron chi connectivity index (χ1n) is 7.47. The van der Waals surface area contributed by atoms with E-state index < -0.39 is 0 Å². The molecule has 0 spiro atoms. The number of nitrogens with one attached hydrogen (secondary N) is 1. The van der Waals surface area contributed by atoms with Crippen molar-refractivity contribution in [1.29, 1.82) is 0 Å². The van der Waals surface area contributed by atoms with E-state index in [-0.39, 0.29) is 0 Å². The number of hydrogen-bond acceptors (Lipinski definition) is 2. The van der Waals surface area contributed by atoms with Gasteiger partial charge in [-0.1, -0.05) is 26.7 Å². The van der Waals surface area contributed by atoms with Gasteiger partial charge in [-0.15, -0.1) is 0 Å². The second-order valence-corrected chi connectivity index (χ2v) is 5.79. The van der Waals surface area contributed by atoms with Crippen molar-refractivity contribution in [1.82, 2.24) is 15.1 Å². The Morgan fingerprint density at radius 1 is 1.39 bits per heavy atom. The molecule has 0 bridgehead atoms. The van der Waals surface area contributed by atoms with Crippen molar-refractivity contribution in [3.8, 4) is 0 Å². The van der Waals surface area contributed by atoms with Crippen LogP contribution in [0.2, 0.25) is 0 Å². The molecule has 3 heteroatoms. The van der Waals surface area contributed by atoms with Crippen LogP contribution in [0.25, 0.3) is 0 Å². The highest BCUT2D eigenvalue weighted by molar-refractivity contribution is 5.11. The SMILES string of the molecule is CCn1nccc1C1CCCCC1CNC(C)C. The summed E-state index contributed by atoms with van der Waals surface area (Å²) >= 11 is 0. The molecule has 0 amide bonds. The summed E-state index contributed by atoms with van der Waals surface area (Å²) in [6, 6.07) is 2.81. The molecule has 18 heavy (non-hydrogen) atoms. The molecule has 1 aromatic heterocycles. The smallest absolute Gasteiger partial charge is 0.0492 e. The minimum atomic E-state index is 0.587. The van der Waals surface area contributed by atoms with Gasteiger partial charge in [0.05, 0.1) is 0 Å². The number of aromatic nitrogens is 2. The molecule has 0 radical (unpaired) electrons. The number of nitrogens with zero attached hydrogens (tertiary/aromatic N) is 2. The molecule has 3 nitrogen and oxygen atoms in total. The lowest BCUT2D eigenvalue weighted by Crippen LogP contribution is -2.34. The molecule has 1 N–H and O–H groups in total. The van der Waals surface area contributed by atoms with Gasteiger partial charge in [-0.2, -0.15) is 5.10 Å². The molecule has 2 unspecified atom stereocenters. The molecule has 102 valence electrons. The van der Waals surface area contributed by atoms with Gasteiger partial charge in [0.25, 0.3) is 0 Å². The molecule has 1 saturated carbocycles. The summed E-state index contributed by atoms with van der Waals surface area (Å²) < 4.78 is 2.18. The Morgan fingerprint density at radius 3 is 2.89 bits per heavy atom. The van der Waals surface area contributed by atoms with E-state index in [1.54, 1.807) is 0 Å². The Kier molecular flexibility index (Phi) is 4.81. The van der Waals surface area contributed by atoms with Crippen molar-refractivity contribution in [2.75, 3.05) is 6.54 Å². The molecule has 1 aliphatic rings. The Balaban J connectivity index is 2.07. The van der Waals surface area contributed by atoms with Gasteiger partial charge in [-0.25, -0.2) is 0 Å². The highest BCUT2D eigenvalue weighted by Gasteiger charge is 2.28. The van der Waals surface area contributed by atoms with Gasteiger partial charge in [0.15, 0.2) is 0 Å². The maximum absolute atomic E-state index is 4.44. The Hall–Kier alpha value is -0.830. The largest absolute Gasteiger partial charge is 0.314 e. The van der Waals surface area contributed by atoms with Crippen LogP contribution in [-0.2, 0) is 6.54 Å². The minimum Gasteiger partial charge on any atom is -0.314 e. The number of rotatable bonds is 5. The lowest BCUT2D eigenvalue weighted by atomic mass is 9.77. The van der Waals surface area contributed by atoms with E-state index in [0.717, 1.165) is 19.0 Å². The maximum Gasteiger partial charge on any atom is 0.0492 e. The van der Waals surface area contributed by atoms with Crippen LogP contribution >= 0.6 is 0 Å². The third kappa shape index (κ3) is 3.14. The normalized spacial score (nSPS) is 24.7. The fourth-order valence-electron chi connectivity index (χ4n) is 3.15. The first-order chi connectivity index (χ1) is 8.72. The monoisotopic (exact) mass is 249 g/mol. The first kappa shape index (κ1) is 13.6. The van der Waals surface area contributed by atoms with Gasteiger partial charge >= 0.3 is 0 Å². The van der Waals surface area contributed by atoms with Crippen molar-refractivity contribution < 1.29 is 0 Å². The van der Waals surface area contributed by atoms with Crippen LogP contribution in [0.15, 0.2) is 12.3 Å². The molecule has 2 atom stereocenters. The molecule has 1 fully saturated rings. The fraction of sp³-hybridized carbons (Fsp3) is 0.800. The number of hydrogen-bond donors (Lipinski definition) is 1.